The number of aromatic nitrogens is 1. The number of hydrogen-bond donors (Lipinski definition) is 0. The van der Waals surface area contributed by atoms with Gasteiger partial charge in [0, 0.05) is 12.4 Å². The lowest BCUT2D eigenvalue weighted by Gasteiger charge is -2.09. The predicted octanol–water partition coefficient (Wildman–Crippen LogP) is 2.38. The Morgan fingerprint density at radius 2 is 1.87 bits per heavy atom. The van der Waals surface area contributed by atoms with E-state index in [4.69, 9.17) is 10.00 Å². The zero-order valence-electron chi connectivity index (χ0n) is 8.13. The van der Waals surface area contributed by atoms with Crippen LogP contribution in [0.1, 0.15) is 0 Å². The first kappa shape index (κ1) is 9.35. The summed E-state index contributed by atoms with van der Waals surface area (Å²) in [7, 11) is 0. The van der Waals surface area contributed by atoms with Gasteiger partial charge in [-0.05, 0) is 24.3 Å². The second-order valence-corrected chi connectivity index (χ2v) is 3.00. The van der Waals surface area contributed by atoms with Crippen LogP contribution >= 0.6 is 0 Å². The van der Waals surface area contributed by atoms with Crippen molar-refractivity contribution in [2.75, 3.05) is 6.61 Å². The van der Waals surface area contributed by atoms with Crippen LogP contribution in [-0.2, 0) is 0 Å². The van der Waals surface area contributed by atoms with Crippen LogP contribution in [0.4, 0.5) is 0 Å². The molecule has 1 aromatic carbocycles. The van der Waals surface area contributed by atoms with Crippen LogP contribution in [0.25, 0.3) is 5.69 Å². The zero-order valence-corrected chi connectivity index (χ0v) is 8.13. The third kappa shape index (κ3) is 2.00. The van der Waals surface area contributed by atoms with Gasteiger partial charge in [0.15, 0.2) is 6.61 Å². The van der Waals surface area contributed by atoms with Crippen LogP contribution in [0.15, 0.2) is 48.8 Å². The average molecular weight is 198 g/mol. The van der Waals surface area contributed by atoms with Gasteiger partial charge < -0.3 is 9.30 Å². The minimum absolute atomic E-state index is 0.0677. The Hall–Kier alpha value is -2.21. The zero-order chi connectivity index (χ0) is 10.5. The van der Waals surface area contributed by atoms with Crippen LogP contribution in [0, 0.1) is 11.3 Å². The molecular formula is C12H10N2O. The van der Waals surface area contributed by atoms with Gasteiger partial charge in [0.25, 0.3) is 0 Å². The van der Waals surface area contributed by atoms with Gasteiger partial charge in [-0.15, -0.1) is 0 Å². The maximum atomic E-state index is 8.47. The molecule has 1 heterocycles. The molecule has 0 saturated carbocycles. The van der Waals surface area contributed by atoms with Crippen LogP contribution in [-0.4, -0.2) is 11.2 Å². The molecule has 0 saturated heterocycles. The summed E-state index contributed by atoms with van der Waals surface area (Å²) < 4.78 is 7.28. The van der Waals surface area contributed by atoms with Crippen LogP contribution in [0.2, 0.25) is 0 Å². The van der Waals surface area contributed by atoms with Gasteiger partial charge in [0.2, 0.25) is 0 Å². The SMILES string of the molecule is N#CCOc1ccccc1-n1cccc1. The van der Waals surface area contributed by atoms with Gasteiger partial charge in [-0.2, -0.15) is 5.26 Å². The molecule has 0 aliphatic heterocycles. The molecule has 1 aromatic heterocycles. The highest BCUT2D eigenvalue weighted by atomic mass is 16.5. The summed E-state index contributed by atoms with van der Waals surface area (Å²) in [6, 6.07) is 13.5. The summed E-state index contributed by atoms with van der Waals surface area (Å²) in [4.78, 5) is 0. The van der Waals surface area contributed by atoms with Gasteiger partial charge in [-0.25, -0.2) is 0 Å². The highest BCUT2D eigenvalue weighted by Crippen LogP contribution is 2.22. The summed E-state index contributed by atoms with van der Waals surface area (Å²) in [6.07, 6.45) is 3.88. The Balaban J connectivity index is 2.35. The molecule has 2 aromatic rings. The maximum Gasteiger partial charge on any atom is 0.174 e. The summed E-state index contributed by atoms with van der Waals surface area (Å²) in [5, 5.41) is 8.47. The molecular weight excluding hydrogens is 188 g/mol. The van der Waals surface area contributed by atoms with E-state index in [0.29, 0.717) is 0 Å². The number of hydrogen-bond acceptors (Lipinski definition) is 2. The van der Waals surface area contributed by atoms with Crippen molar-refractivity contribution in [3.63, 3.8) is 0 Å². The van der Waals surface area contributed by atoms with E-state index >= 15 is 0 Å². The topological polar surface area (TPSA) is 37.9 Å². The summed E-state index contributed by atoms with van der Waals surface area (Å²) in [5.74, 6) is 0.718. The minimum atomic E-state index is 0.0677. The van der Waals surface area contributed by atoms with Crippen LogP contribution in [0.5, 0.6) is 5.75 Å². The molecule has 0 radical (unpaired) electrons. The van der Waals surface area contributed by atoms with Crippen molar-refractivity contribution in [2.24, 2.45) is 0 Å². The lowest BCUT2D eigenvalue weighted by atomic mass is 10.3. The maximum absolute atomic E-state index is 8.47. The first-order valence-corrected chi connectivity index (χ1v) is 4.64. The van der Waals surface area contributed by atoms with Gasteiger partial charge in [-0.1, -0.05) is 12.1 Å². The Labute approximate surface area is 88.1 Å². The van der Waals surface area contributed by atoms with Crippen molar-refractivity contribution >= 4 is 0 Å². The van der Waals surface area contributed by atoms with Crippen molar-refractivity contribution in [1.82, 2.24) is 4.57 Å². The molecule has 15 heavy (non-hydrogen) atoms. The number of nitriles is 1. The Morgan fingerprint density at radius 3 is 2.60 bits per heavy atom. The normalized spacial score (nSPS) is 9.53. The molecule has 0 unspecified atom stereocenters. The molecule has 3 heteroatoms. The van der Waals surface area contributed by atoms with Crippen LogP contribution in [0.3, 0.4) is 0 Å². The highest BCUT2D eigenvalue weighted by Gasteiger charge is 2.02. The second-order valence-electron chi connectivity index (χ2n) is 3.00. The van der Waals surface area contributed by atoms with Gasteiger partial charge in [-0.3, -0.25) is 0 Å². The Kier molecular flexibility index (Phi) is 2.70. The molecule has 0 fully saturated rings. The Bertz CT molecular complexity index is 469. The van der Waals surface area contributed by atoms with Crippen molar-refractivity contribution in [3.8, 4) is 17.5 Å². The fourth-order valence-corrected chi connectivity index (χ4v) is 1.40. The third-order valence-corrected chi connectivity index (χ3v) is 2.04. The number of nitrogens with zero attached hydrogens (tertiary/aromatic N) is 2. The minimum Gasteiger partial charge on any atom is -0.477 e. The molecule has 0 amide bonds. The van der Waals surface area contributed by atoms with Gasteiger partial charge >= 0.3 is 0 Å². The van der Waals surface area contributed by atoms with Crippen LogP contribution < -0.4 is 4.74 Å². The molecule has 3 nitrogen and oxygen atoms in total. The van der Waals surface area contributed by atoms with Crippen molar-refractivity contribution < 1.29 is 4.74 Å². The predicted molar refractivity (Wildman–Crippen MR) is 56.9 cm³/mol. The summed E-state index contributed by atoms with van der Waals surface area (Å²) in [6.45, 7) is 0.0677. The fraction of sp³-hybridized carbons (Fsp3) is 0.0833. The fourth-order valence-electron chi connectivity index (χ4n) is 1.40. The number of ether oxygens (including phenoxy) is 1. The van der Waals surface area contributed by atoms with E-state index in [0.717, 1.165) is 11.4 Å². The quantitative estimate of drug-likeness (QED) is 0.759. The molecule has 0 atom stereocenters. The summed E-state index contributed by atoms with van der Waals surface area (Å²) >= 11 is 0. The summed E-state index contributed by atoms with van der Waals surface area (Å²) in [5.41, 5.74) is 0.942. The lowest BCUT2D eigenvalue weighted by molar-refractivity contribution is 0.367. The van der Waals surface area contributed by atoms with E-state index in [1.165, 1.54) is 0 Å². The molecule has 0 aliphatic carbocycles. The number of rotatable bonds is 3. The number of benzene rings is 1. The molecule has 74 valence electrons. The van der Waals surface area contributed by atoms with E-state index in [1.54, 1.807) is 0 Å². The van der Waals surface area contributed by atoms with Gasteiger partial charge in [0.05, 0.1) is 5.69 Å². The van der Waals surface area contributed by atoms with Crippen molar-refractivity contribution in [1.29, 1.82) is 5.26 Å². The molecule has 2 rings (SSSR count). The average Bonchev–Trinajstić information content (AvgIpc) is 2.80. The standard InChI is InChI=1S/C12H10N2O/c13-7-10-15-12-6-2-1-5-11(12)14-8-3-4-9-14/h1-6,8-9H,10H2. The number of para-hydroxylation sites is 2. The monoisotopic (exact) mass is 198 g/mol. The largest absolute Gasteiger partial charge is 0.477 e. The first-order valence-electron chi connectivity index (χ1n) is 4.64. The lowest BCUT2D eigenvalue weighted by Crippen LogP contribution is -1.99. The van der Waals surface area contributed by atoms with E-state index in [9.17, 15) is 0 Å². The van der Waals surface area contributed by atoms with E-state index in [2.05, 4.69) is 0 Å². The van der Waals surface area contributed by atoms with Crippen molar-refractivity contribution in [3.05, 3.63) is 48.8 Å². The van der Waals surface area contributed by atoms with Crippen molar-refractivity contribution in [2.45, 2.75) is 0 Å². The Morgan fingerprint density at radius 1 is 1.13 bits per heavy atom. The molecule has 0 bridgehead atoms. The first-order chi connectivity index (χ1) is 7.42. The third-order valence-electron chi connectivity index (χ3n) is 2.04. The molecule has 0 N–H and O–H groups in total. The van der Waals surface area contributed by atoms with Gasteiger partial charge in [0.1, 0.15) is 11.8 Å². The second kappa shape index (κ2) is 4.34. The smallest absolute Gasteiger partial charge is 0.174 e. The van der Waals surface area contributed by atoms with E-state index in [-0.39, 0.29) is 6.61 Å². The van der Waals surface area contributed by atoms with E-state index in [1.807, 2.05) is 59.4 Å². The molecule has 0 aliphatic rings. The van der Waals surface area contributed by atoms with E-state index < -0.39 is 0 Å². The molecule has 0 spiro atoms. The highest BCUT2D eigenvalue weighted by molar-refractivity contribution is 5.46.